The lowest BCUT2D eigenvalue weighted by atomic mass is 10.0. The van der Waals surface area contributed by atoms with Crippen LogP contribution in [-0.4, -0.2) is 59.3 Å². The van der Waals surface area contributed by atoms with Crippen LogP contribution in [0.4, 0.5) is 4.79 Å². The van der Waals surface area contributed by atoms with Gasteiger partial charge in [0.2, 0.25) is 5.91 Å². The van der Waals surface area contributed by atoms with Crippen molar-refractivity contribution in [1.82, 2.24) is 10.2 Å². The molecule has 0 aromatic rings. The molecule has 1 rings (SSSR count). The number of hydrogen-bond donors (Lipinski definition) is 3. The largest absolute Gasteiger partial charge is 0.480 e. The number of morpholine rings is 1. The zero-order valence-electron chi connectivity index (χ0n) is 11.7. The number of carboxylic acid groups (broad SMARTS) is 1. The first-order valence-electron chi connectivity index (χ1n) is 6.41. The Hall–Kier alpha value is -1.83. The van der Waals surface area contributed by atoms with Gasteiger partial charge in [0.1, 0.15) is 6.04 Å². The van der Waals surface area contributed by atoms with E-state index in [1.54, 1.807) is 0 Å². The van der Waals surface area contributed by atoms with Crippen molar-refractivity contribution in [2.45, 2.75) is 38.3 Å². The number of carboxylic acids is 1. The molecule has 0 bridgehead atoms. The van der Waals surface area contributed by atoms with Crippen molar-refractivity contribution in [3.63, 3.8) is 0 Å². The van der Waals surface area contributed by atoms with Gasteiger partial charge in [0.05, 0.1) is 18.8 Å². The summed E-state index contributed by atoms with van der Waals surface area (Å²) in [5, 5.41) is 11.5. The molecule has 1 heterocycles. The van der Waals surface area contributed by atoms with E-state index in [2.05, 4.69) is 5.32 Å². The van der Waals surface area contributed by atoms with Gasteiger partial charge in [0.15, 0.2) is 0 Å². The molecule has 8 nitrogen and oxygen atoms in total. The van der Waals surface area contributed by atoms with E-state index in [4.69, 9.17) is 15.6 Å². The minimum Gasteiger partial charge on any atom is -0.480 e. The highest BCUT2D eigenvalue weighted by Crippen LogP contribution is 2.19. The van der Waals surface area contributed by atoms with Crippen molar-refractivity contribution in [2.24, 2.45) is 5.73 Å². The lowest BCUT2D eigenvalue weighted by Gasteiger charge is -2.42. The highest BCUT2D eigenvalue weighted by Gasteiger charge is 2.35. The van der Waals surface area contributed by atoms with Crippen LogP contribution in [0.1, 0.15) is 26.7 Å². The predicted octanol–water partition coefficient (Wildman–Crippen LogP) is -0.474. The summed E-state index contributed by atoms with van der Waals surface area (Å²) < 4.78 is 5.30. The third-order valence-electron chi connectivity index (χ3n) is 3.17. The van der Waals surface area contributed by atoms with E-state index in [9.17, 15) is 14.4 Å². The van der Waals surface area contributed by atoms with E-state index in [-0.39, 0.29) is 12.8 Å². The van der Waals surface area contributed by atoms with Gasteiger partial charge in [-0.2, -0.15) is 0 Å². The number of carbonyl (C=O) groups excluding carboxylic acids is 2. The number of primary amides is 1. The molecule has 1 aliphatic rings. The standard InChI is InChI=1S/C12H21N3O5/c1-12(2)7-20-6-5-15(12)11(19)14-8(10(17)18)3-4-9(13)16/h8H,3-7H2,1-2H3,(H2,13,16)(H,14,19)(H,17,18). The Morgan fingerprint density at radius 3 is 2.60 bits per heavy atom. The summed E-state index contributed by atoms with van der Waals surface area (Å²) in [4.78, 5) is 35.5. The maximum Gasteiger partial charge on any atom is 0.326 e. The molecule has 1 saturated heterocycles. The van der Waals surface area contributed by atoms with Crippen LogP contribution in [0.3, 0.4) is 0 Å². The molecular weight excluding hydrogens is 266 g/mol. The molecule has 114 valence electrons. The van der Waals surface area contributed by atoms with Crippen molar-refractivity contribution in [3.05, 3.63) is 0 Å². The van der Waals surface area contributed by atoms with E-state index in [0.717, 1.165) is 0 Å². The Kier molecular flexibility index (Phi) is 5.32. The van der Waals surface area contributed by atoms with Crippen LogP contribution >= 0.6 is 0 Å². The first-order valence-corrected chi connectivity index (χ1v) is 6.41. The van der Waals surface area contributed by atoms with Crippen LogP contribution < -0.4 is 11.1 Å². The molecule has 1 aliphatic heterocycles. The van der Waals surface area contributed by atoms with Gasteiger partial charge >= 0.3 is 12.0 Å². The molecule has 3 amide bonds. The number of amides is 3. The predicted molar refractivity (Wildman–Crippen MR) is 70.0 cm³/mol. The quantitative estimate of drug-likeness (QED) is 0.630. The third kappa shape index (κ3) is 4.37. The smallest absolute Gasteiger partial charge is 0.326 e. The molecule has 20 heavy (non-hydrogen) atoms. The zero-order chi connectivity index (χ0) is 15.3. The van der Waals surface area contributed by atoms with Crippen molar-refractivity contribution in [3.8, 4) is 0 Å². The Balaban J connectivity index is 2.65. The van der Waals surface area contributed by atoms with Gasteiger partial charge in [-0.3, -0.25) is 4.79 Å². The number of urea groups is 1. The molecule has 1 atom stereocenters. The van der Waals surface area contributed by atoms with Crippen LogP contribution in [0.25, 0.3) is 0 Å². The molecule has 4 N–H and O–H groups in total. The topological polar surface area (TPSA) is 122 Å². The van der Waals surface area contributed by atoms with Crippen molar-refractivity contribution >= 4 is 17.9 Å². The second-order valence-corrected chi connectivity index (χ2v) is 5.36. The summed E-state index contributed by atoms with van der Waals surface area (Å²) in [6.45, 7) is 4.87. The average molecular weight is 287 g/mol. The van der Waals surface area contributed by atoms with Gasteiger partial charge in [-0.25, -0.2) is 9.59 Å². The lowest BCUT2D eigenvalue weighted by Crippen LogP contribution is -2.60. The molecule has 0 spiro atoms. The van der Waals surface area contributed by atoms with Crippen molar-refractivity contribution in [1.29, 1.82) is 0 Å². The first kappa shape index (κ1) is 16.2. The van der Waals surface area contributed by atoms with Crippen LogP contribution in [0, 0.1) is 0 Å². The molecule has 1 fully saturated rings. The molecule has 0 aromatic heterocycles. The summed E-state index contributed by atoms with van der Waals surface area (Å²) in [5.41, 5.74) is 4.48. The van der Waals surface area contributed by atoms with Crippen molar-refractivity contribution < 1.29 is 24.2 Å². The number of nitrogens with one attached hydrogen (secondary N) is 1. The highest BCUT2D eigenvalue weighted by molar-refractivity contribution is 5.83. The molecule has 0 aliphatic carbocycles. The summed E-state index contributed by atoms with van der Waals surface area (Å²) in [5.74, 6) is -1.79. The van der Waals surface area contributed by atoms with Crippen molar-refractivity contribution in [2.75, 3.05) is 19.8 Å². The van der Waals surface area contributed by atoms with E-state index >= 15 is 0 Å². The number of carbonyl (C=O) groups is 3. The molecule has 0 aromatic carbocycles. The molecule has 1 unspecified atom stereocenters. The summed E-state index contributed by atoms with van der Waals surface area (Å²) >= 11 is 0. The molecular formula is C12H21N3O5. The molecule has 8 heteroatoms. The fourth-order valence-corrected chi connectivity index (χ4v) is 2.01. The van der Waals surface area contributed by atoms with E-state index in [1.807, 2.05) is 13.8 Å². The molecule has 0 radical (unpaired) electrons. The SMILES string of the molecule is CC1(C)COCCN1C(=O)NC(CCC(N)=O)C(=O)O. The van der Waals surface area contributed by atoms with Gasteiger partial charge in [-0.15, -0.1) is 0 Å². The minimum atomic E-state index is -1.19. The highest BCUT2D eigenvalue weighted by atomic mass is 16.5. The first-order chi connectivity index (χ1) is 9.24. The van der Waals surface area contributed by atoms with Gasteiger partial charge in [-0.05, 0) is 20.3 Å². The van der Waals surface area contributed by atoms with E-state index in [1.165, 1.54) is 4.90 Å². The van der Waals surface area contributed by atoms with Gasteiger partial charge in [0, 0.05) is 13.0 Å². The maximum absolute atomic E-state index is 12.2. The second-order valence-electron chi connectivity index (χ2n) is 5.36. The average Bonchev–Trinajstić information content (AvgIpc) is 2.32. The third-order valence-corrected chi connectivity index (χ3v) is 3.17. The lowest BCUT2D eigenvalue weighted by molar-refractivity contribution is -0.139. The zero-order valence-corrected chi connectivity index (χ0v) is 11.7. The van der Waals surface area contributed by atoms with Crippen LogP contribution in [0.2, 0.25) is 0 Å². The monoisotopic (exact) mass is 287 g/mol. The van der Waals surface area contributed by atoms with E-state index in [0.29, 0.717) is 19.8 Å². The second kappa shape index (κ2) is 6.56. The summed E-state index contributed by atoms with van der Waals surface area (Å²) in [7, 11) is 0. The van der Waals surface area contributed by atoms with E-state index < -0.39 is 29.5 Å². The number of rotatable bonds is 5. The van der Waals surface area contributed by atoms with Gasteiger partial charge in [-0.1, -0.05) is 0 Å². The fraction of sp³-hybridized carbons (Fsp3) is 0.750. The van der Waals surface area contributed by atoms with Crippen LogP contribution in [0.5, 0.6) is 0 Å². The van der Waals surface area contributed by atoms with Gasteiger partial charge < -0.3 is 25.8 Å². The Morgan fingerprint density at radius 2 is 2.10 bits per heavy atom. The number of aliphatic carboxylic acids is 1. The number of ether oxygens (including phenoxy) is 1. The normalized spacial score (nSPS) is 19.2. The molecule has 0 saturated carbocycles. The van der Waals surface area contributed by atoms with Crippen LogP contribution in [0.15, 0.2) is 0 Å². The summed E-state index contributed by atoms with van der Waals surface area (Å²) in [6.07, 6.45) is -0.120. The number of nitrogens with zero attached hydrogens (tertiary/aromatic N) is 1. The fourth-order valence-electron chi connectivity index (χ4n) is 2.01. The maximum atomic E-state index is 12.2. The summed E-state index contributed by atoms with van der Waals surface area (Å²) in [6, 6.07) is -1.61. The Labute approximate surface area is 117 Å². The number of nitrogens with two attached hydrogens (primary N) is 1. The number of hydrogen-bond acceptors (Lipinski definition) is 4. The van der Waals surface area contributed by atoms with Gasteiger partial charge in [0.25, 0.3) is 0 Å². The Morgan fingerprint density at radius 1 is 1.45 bits per heavy atom. The Bertz CT molecular complexity index is 397. The van der Waals surface area contributed by atoms with Crippen LogP contribution in [-0.2, 0) is 14.3 Å². The minimum absolute atomic E-state index is 0.0266.